The molecule has 1 aliphatic heterocycles. The van der Waals surface area contributed by atoms with Gasteiger partial charge < -0.3 is 4.98 Å². The van der Waals surface area contributed by atoms with E-state index in [1.54, 1.807) is 28.9 Å². The molecular formula is C23H24F3N7O. The van der Waals surface area contributed by atoms with Gasteiger partial charge in [0.25, 0.3) is 0 Å². The SMILES string of the molecule is Cc1c2c(nn1C)N(C(C)C)C(=O)CCCn1cc(c(C(F)(F)F)n1)-c1c[nH]c3ncc-2cc13. The molecule has 4 aromatic heterocycles. The van der Waals surface area contributed by atoms with Gasteiger partial charge in [-0.05, 0) is 33.3 Å². The molecular weight excluding hydrogens is 447 g/mol. The topological polar surface area (TPSA) is 84.6 Å². The fourth-order valence-corrected chi connectivity index (χ4v) is 4.57. The number of hydrogen-bond acceptors (Lipinski definition) is 4. The number of H-pyrrole nitrogens is 1. The van der Waals surface area contributed by atoms with E-state index in [9.17, 15) is 18.0 Å². The van der Waals surface area contributed by atoms with Crippen LogP contribution in [0.25, 0.3) is 33.3 Å². The zero-order chi connectivity index (χ0) is 24.4. The number of halogens is 3. The number of nitrogens with zero attached hydrogens (tertiary/aromatic N) is 6. The van der Waals surface area contributed by atoms with Crippen molar-refractivity contribution in [1.82, 2.24) is 29.5 Å². The number of rotatable bonds is 1. The summed E-state index contributed by atoms with van der Waals surface area (Å²) in [6.45, 7) is 5.90. The van der Waals surface area contributed by atoms with E-state index >= 15 is 0 Å². The first-order valence-electron chi connectivity index (χ1n) is 11.0. The van der Waals surface area contributed by atoms with Crippen LogP contribution in [0.3, 0.4) is 0 Å². The lowest BCUT2D eigenvalue weighted by atomic mass is 10.0. The number of alkyl halides is 3. The molecule has 5 rings (SSSR count). The van der Waals surface area contributed by atoms with E-state index in [0.29, 0.717) is 34.4 Å². The van der Waals surface area contributed by atoms with Crippen molar-refractivity contribution in [2.75, 3.05) is 4.90 Å². The van der Waals surface area contributed by atoms with E-state index in [-0.39, 0.29) is 30.5 Å². The van der Waals surface area contributed by atoms with Crippen molar-refractivity contribution < 1.29 is 18.0 Å². The fraction of sp³-hybridized carbons (Fsp3) is 0.391. The van der Waals surface area contributed by atoms with Gasteiger partial charge in [0, 0.05) is 78.0 Å². The normalized spacial score (nSPS) is 14.8. The molecule has 0 radical (unpaired) electrons. The maximum atomic E-state index is 13.9. The molecule has 178 valence electrons. The third kappa shape index (κ3) is 3.46. The number of aromatic amines is 1. The molecule has 11 heteroatoms. The first-order chi connectivity index (χ1) is 16.1. The summed E-state index contributed by atoms with van der Waals surface area (Å²) in [5, 5.41) is 9.01. The van der Waals surface area contributed by atoms with Gasteiger partial charge in [-0.3, -0.25) is 19.1 Å². The largest absolute Gasteiger partial charge is 0.435 e. The molecule has 8 nitrogen and oxygen atoms in total. The summed E-state index contributed by atoms with van der Waals surface area (Å²) in [7, 11) is 1.80. The van der Waals surface area contributed by atoms with Gasteiger partial charge in [0.1, 0.15) is 5.65 Å². The Balaban J connectivity index is 1.82. The Hall–Kier alpha value is -3.63. The molecule has 0 saturated heterocycles. The third-order valence-corrected chi connectivity index (χ3v) is 6.25. The second-order valence-electron chi connectivity index (χ2n) is 8.84. The number of fused-ring (bicyclic) bond motifs is 6. The predicted octanol–water partition coefficient (Wildman–Crippen LogP) is 4.69. The average Bonchev–Trinajstić information content (AvgIpc) is 3.43. The zero-order valence-corrected chi connectivity index (χ0v) is 19.2. The van der Waals surface area contributed by atoms with Gasteiger partial charge in [-0.1, -0.05) is 0 Å². The highest BCUT2D eigenvalue weighted by Crippen LogP contribution is 2.41. The van der Waals surface area contributed by atoms with E-state index in [4.69, 9.17) is 0 Å². The van der Waals surface area contributed by atoms with Gasteiger partial charge >= 0.3 is 6.18 Å². The molecule has 0 saturated carbocycles. The van der Waals surface area contributed by atoms with Crippen molar-refractivity contribution in [3.63, 3.8) is 0 Å². The van der Waals surface area contributed by atoms with Crippen LogP contribution in [0.2, 0.25) is 0 Å². The lowest BCUT2D eigenvalue weighted by molar-refractivity contribution is -0.141. The summed E-state index contributed by atoms with van der Waals surface area (Å²) in [5.74, 6) is 0.372. The molecule has 1 aliphatic rings. The number of hydrogen-bond donors (Lipinski definition) is 1. The molecule has 0 unspecified atom stereocenters. The second-order valence-corrected chi connectivity index (χ2v) is 8.84. The minimum absolute atomic E-state index is 0.0203. The molecule has 5 heterocycles. The lowest BCUT2D eigenvalue weighted by Gasteiger charge is -2.26. The molecule has 34 heavy (non-hydrogen) atoms. The Morgan fingerprint density at radius 2 is 1.94 bits per heavy atom. The van der Waals surface area contributed by atoms with Crippen LogP contribution in [-0.2, 0) is 24.6 Å². The molecule has 4 aromatic rings. The summed E-state index contributed by atoms with van der Waals surface area (Å²) < 4.78 is 44.6. The molecule has 0 fully saturated rings. The summed E-state index contributed by atoms with van der Waals surface area (Å²) in [4.78, 5) is 22.4. The molecule has 1 N–H and O–H groups in total. The molecule has 1 amide bonds. The van der Waals surface area contributed by atoms with E-state index in [0.717, 1.165) is 11.3 Å². The highest BCUT2D eigenvalue weighted by Gasteiger charge is 2.38. The van der Waals surface area contributed by atoms with Crippen LogP contribution in [0, 0.1) is 6.92 Å². The number of aryl methyl sites for hydroxylation is 2. The summed E-state index contributed by atoms with van der Waals surface area (Å²) in [6.07, 6.45) is 0.452. The summed E-state index contributed by atoms with van der Waals surface area (Å²) in [5.41, 5.74) is 2.09. The van der Waals surface area contributed by atoms with Gasteiger partial charge in [-0.15, -0.1) is 0 Å². The number of amides is 1. The van der Waals surface area contributed by atoms with Crippen LogP contribution in [-0.4, -0.2) is 41.5 Å². The Kier molecular flexibility index (Phi) is 5.03. The standard InChI is InChI=1S/C23H24F3N7O/c1-12(2)33-18(34)6-5-7-32-11-17(20(29-32)23(24,25)26)16-10-28-21-15(16)8-14(9-27-21)19-13(3)31(4)30-22(19)33/h8-12H,5-7H2,1-4H3,(H,27,28). The Morgan fingerprint density at radius 1 is 1.18 bits per heavy atom. The highest BCUT2D eigenvalue weighted by atomic mass is 19.4. The van der Waals surface area contributed by atoms with Crippen LogP contribution in [0.4, 0.5) is 19.0 Å². The first-order valence-corrected chi connectivity index (χ1v) is 11.0. The van der Waals surface area contributed by atoms with Gasteiger partial charge in [0.15, 0.2) is 11.5 Å². The first kappa shape index (κ1) is 22.2. The second kappa shape index (κ2) is 7.71. The molecule has 0 spiro atoms. The van der Waals surface area contributed by atoms with Gasteiger partial charge in [-0.25, -0.2) is 4.98 Å². The Labute approximate surface area is 193 Å². The van der Waals surface area contributed by atoms with Crippen LogP contribution in [0.15, 0.2) is 24.7 Å². The number of aromatic nitrogens is 6. The Bertz CT molecular complexity index is 1410. The van der Waals surface area contributed by atoms with E-state index < -0.39 is 11.9 Å². The zero-order valence-electron chi connectivity index (χ0n) is 19.2. The van der Waals surface area contributed by atoms with Crippen molar-refractivity contribution in [3.8, 4) is 22.3 Å². The Morgan fingerprint density at radius 3 is 2.65 bits per heavy atom. The number of pyridine rings is 1. The quantitative estimate of drug-likeness (QED) is 0.437. The summed E-state index contributed by atoms with van der Waals surface area (Å²) >= 11 is 0. The average molecular weight is 471 g/mol. The van der Waals surface area contributed by atoms with Gasteiger partial charge in [0.05, 0.1) is 0 Å². The maximum Gasteiger partial charge on any atom is 0.435 e. The predicted molar refractivity (Wildman–Crippen MR) is 121 cm³/mol. The van der Waals surface area contributed by atoms with E-state index in [2.05, 4.69) is 20.2 Å². The minimum Gasteiger partial charge on any atom is -0.346 e. The van der Waals surface area contributed by atoms with E-state index in [1.807, 2.05) is 20.8 Å². The number of carbonyl (C=O) groups is 1. The van der Waals surface area contributed by atoms with Crippen molar-refractivity contribution in [1.29, 1.82) is 0 Å². The summed E-state index contributed by atoms with van der Waals surface area (Å²) in [6, 6.07) is 1.63. The molecule has 0 aliphatic carbocycles. The van der Waals surface area contributed by atoms with Crippen LogP contribution in [0.5, 0.6) is 0 Å². The molecule has 0 aromatic carbocycles. The van der Waals surface area contributed by atoms with Crippen molar-refractivity contribution in [3.05, 3.63) is 36.0 Å². The van der Waals surface area contributed by atoms with Crippen LogP contribution < -0.4 is 4.90 Å². The van der Waals surface area contributed by atoms with E-state index in [1.165, 1.54) is 17.1 Å². The van der Waals surface area contributed by atoms with Crippen molar-refractivity contribution in [2.24, 2.45) is 7.05 Å². The number of nitrogens with one attached hydrogen (secondary N) is 1. The smallest absolute Gasteiger partial charge is 0.346 e. The third-order valence-electron chi connectivity index (χ3n) is 6.25. The highest BCUT2D eigenvalue weighted by molar-refractivity contribution is 6.00. The van der Waals surface area contributed by atoms with Gasteiger partial charge in [-0.2, -0.15) is 23.4 Å². The monoisotopic (exact) mass is 471 g/mol. The van der Waals surface area contributed by atoms with Crippen molar-refractivity contribution >= 4 is 22.8 Å². The number of carbonyl (C=O) groups excluding carboxylic acids is 1. The van der Waals surface area contributed by atoms with Gasteiger partial charge in [0.2, 0.25) is 5.91 Å². The minimum atomic E-state index is -4.62. The van der Waals surface area contributed by atoms with Crippen molar-refractivity contribution in [2.45, 2.75) is 52.4 Å². The fourth-order valence-electron chi connectivity index (χ4n) is 4.57. The maximum absolute atomic E-state index is 13.9. The molecule has 4 bridgehead atoms. The molecule has 0 atom stereocenters. The number of anilines is 1. The lowest BCUT2D eigenvalue weighted by Crippen LogP contribution is -2.37. The van der Waals surface area contributed by atoms with Crippen LogP contribution in [0.1, 0.15) is 38.1 Å². The van der Waals surface area contributed by atoms with Crippen LogP contribution >= 0.6 is 0 Å².